The van der Waals surface area contributed by atoms with Crippen molar-refractivity contribution < 1.29 is 0 Å². The Balaban J connectivity index is 1.14. The summed E-state index contributed by atoms with van der Waals surface area (Å²) in [6.45, 7) is 18.9. The van der Waals surface area contributed by atoms with Gasteiger partial charge in [-0.05, 0) is 191 Å². The molecule has 0 atom stereocenters. The highest BCUT2D eigenvalue weighted by molar-refractivity contribution is 5.40. The van der Waals surface area contributed by atoms with Gasteiger partial charge in [0.2, 0.25) is 0 Å². The van der Waals surface area contributed by atoms with Gasteiger partial charge in [-0.3, -0.25) is 0 Å². The van der Waals surface area contributed by atoms with E-state index in [2.05, 4.69) is 114 Å². The molecule has 2 N–H and O–H groups in total. The van der Waals surface area contributed by atoms with Crippen molar-refractivity contribution >= 4 is 0 Å². The largest absolute Gasteiger partial charge is 0.307 e. The van der Waals surface area contributed by atoms with Crippen LogP contribution in [0.25, 0.3) is 0 Å². The number of benzene rings is 2. The zero-order valence-corrected chi connectivity index (χ0v) is 33.5. The van der Waals surface area contributed by atoms with Crippen LogP contribution in [0.1, 0.15) is 179 Å². The molecule has 50 heavy (non-hydrogen) atoms. The molecule has 0 unspecified atom stereocenters. The molecular formula is C48H72N2. The van der Waals surface area contributed by atoms with E-state index in [4.69, 9.17) is 12.8 Å². The lowest BCUT2D eigenvalue weighted by Gasteiger charge is -2.46. The van der Waals surface area contributed by atoms with Crippen molar-refractivity contribution in [2.75, 3.05) is 0 Å². The molecule has 2 aromatic carbocycles. The Morgan fingerprint density at radius 1 is 0.460 bits per heavy atom. The number of unbranched alkanes of at least 4 members (excludes halogenated alkanes) is 6. The molecule has 0 amide bonds. The van der Waals surface area contributed by atoms with Gasteiger partial charge in [-0.15, -0.1) is 12.8 Å². The third-order valence-corrected chi connectivity index (χ3v) is 11.3. The monoisotopic (exact) mass is 677 g/mol. The first-order valence-corrected chi connectivity index (χ1v) is 20.3. The third kappa shape index (κ3) is 13.9. The number of rotatable bonds is 17. The van der Waals surface area contributed by atoms with Crippen molar-refractivity contribution in [3.8, 4) is 24.7 Å². The summed E-state index contributed by atoms with van der Waals surface area (Å²) in [5, 5.41) is 7.66. The fourth-order valence-corrected chi connectivity index (χ4v) is 10.2. The van der Waals surface area contributed by atoms with Crippen LogP contribution in [0.5, 0.6) is 0 Å². The van der Waals surface area contributed by atoms with Crippen LogP contribution in [0, 0.1) is 36.5 Å². The zero-order chi connectivity index (χ0) is 36.4. The second-order valence-electron chi connectivity index (χ2n) is 19.1. The van der Waals surface area contributed by atoms with Crippen LogP contribution in [-0.4, -0.2) is 22.2 Å². The number of piperidine rings is 2. The molecule has 2 saturated heterocycles. The Labute approximate surface area is 309 Å². The molecule has 2 heterocycles. The van der Waals surface area contributed by atoms with Crippen LogP contribution < -0.4 is 10.6 Å². The molecule has 0 aromatic heterocycles. The Morgan fingerprint density at radius 3 is 1.16 bits per heavy atom. The molecule has 2 aliphatic rings. The molecule has 2 aromatic rings. The normalized spacial score (nSPS) is 19.9. The number of nitrogens with one attached hydrogen (secondary N) is 2. The Morgan fingerprint density at radius 2 is 0.780 bits per heavy atom. The number of terminal acetylenes is 2. The molecule has 4 rings (SSSR count). The van der Waals surface area contributed by atoms with E-state index in [9.17, 15) is 0 Å². The molecule has 0 bridgehead atoms. The second kappa shape index (κ2) is 17.8. The van der Waals surface area contributed by atoms with Crippen molar-refractivity contribution in [2.45, 2.75) is 193 Å². The number of hydrogen-bond acceptors (Lipinski definition) is 2. The van der Waals surface area contributed by atoms with Gasteiger partial charge in [0.05, 0.1) is 0 Å². The van der Waals surface area contributed by atoms with Gasteiger partial charge in [0.25, 0.3) is 0 Å². The molecule has 0 aliphatic carbocycles. The van der Waals surface area contributed by atoms with Gasteiger partial charge < -0.3 is 10.6 Å². The lowest BCUT2D eigenvalue weighted by atomic mass is 9.74. The topological polar surface area (TPSA) is 24.1 Å². The molecule has 0 spiro atoms. The molecule has 2 heteroatoms. The van der Waals surface area contributed by atoms with E-state index in [1.54, 1.807) is 0 Å². The predicted octanol–water partition coefficient (Wildman–Crippen LogP) is 11.5. The summed E-state index contributed by atoms with van der Waals surface area (Å²) in [7, 11) is 0. The van der Waals surface area contributed by atoms with Crippen LogP contribution in [0.15, 0.2) is 36.4 Å². The first kappa shape index (κ1) is 40.3. The first-order valence-electron chi connectivity index (χ1n) is 20.3. The molecule has 0 saturated carbocycles. The first-order chi connectivity index (χ1) is 23.5. The van der Waals surface area contributed by atoms with Gasteiger partial charge in [0.15, 0.2) is 0 Å². The zero-order valence-electron chi connectivity index (χ0n) is 33.5. The fraction of sp³-hybridized carbons (Fsp3) is 0.667. The van der Waals surface area contributed by atoms with E-state index in [0.717, 1.165) is 48.6 Å². The summed E-state index contributed by atoms with van der Waals surface area (Å²) in [6, 6.07) is 13.8. The van der Waals surface area contributed by atoms with Gasteiger partial charge >= 0.3 is 0 Å². The van der Waals surface area contributed by atoms with Gasteiger partial charge in [-0.2, -0.15) is 0 Å². The quantitative estimate of drug-likeness (QED) is 0.129. The van der Waals surface area contributed by atoms with Gasteiger partial charge in [-0.25, -0.2) is 0 Å². The average Bonchev–Trinajstić information content (AvgIpc) is 3.00. The van der Waals surface area contributed by atoms with Crippen LogP contribution in [-0.2, 0) is 25.7 Å². The van der Waals surface area contributed by atoms with Crippen LogP contribution in [0.2, 0.25) is 0 Å². The van der Waals surface area contributed by atoms with Crippen molar-refractivity contribution in [3.05, 3.63) is 69.8 Å². The Hall–Kier alpha value is -2.52. The fourth-order valence-electron chi connectivity index (χ4n) is 10.2. The van der Waals surface area contributed by atoms with E-state index in [1.165, 1.54) is 112 Å². The number of hydrogen-bond donors (Lipinski definition) is 2. The highest BCUT2D eigenvalue weighted by Gasteiger charge is 2.38. The highest BCUT2D eigenvalue weighted by Crippen LogP contribution is 2.37. The van der Waals surface area contributed by atoms with Crippen molar-refractivity contribution in [2.24, 2.45) is 11.8 Å². The lowest BCUT2D eigenvalue weighted by Crippen LogP contribution is -2.57. The summed E-state index contributed by atoms with van der Waals surface area (Å²) in [6.07, 6.45) is 34.2. The summed E-state index contributed by atoms with van der Waals surface area (Å²) >= 11 is 0. The minimum Gasteiger partial charge on any atom is -0.307 e. The molecule has 2 aliphatic heterocycles. The molecule has 274 valence electrons. The second-order valence-corrected chi connectivity index (χ2v) is 19.1. The van der Waals surface area contributed by atoms with Crippen molar-refractivity contribution in [1.82, 2.24) is 10.6 Å². The maximum Gasteiger partial charge on any atom is 0.0248 e. The molecule has 2 nitrogen and oxygen atoms in total. The Kier molecular flexibility index (Phi) is 14.3. The highest BCUT2D eigenvalue weighted by atomic mass is 15.1. The lowest BCUT2D eigenvalue weighted by molar-refractivity contribution is 0.122. The summed E-state index contributed by atoms with van der Waals surface area (Å²) < 4.78 is 0. The predicted molar refractivity (Wildman–Crippen MR) is 218 cm³/mol. The maximum absolute atomic E-state index is 5.89. The van der Waals surface area contributed by atoms with Gasteiger partial charge in [0, 0.05) is 33.3 Å². The van der Waals surface area contributed by atoms with E-state index in [0.29, 0.717) is 0 Å². The average molecular weight is 677 g/mol. The van der Waals surface area contributed by atoms with E-state index in [1.807, 2.05) is 0 Å². The van der Waals surface area contributed by atoms with Crippen LogP contribution in [0.4, 0.5) is 0 Å². The SMILES string of the molecule is C#Cc1cc(CCCCCCCc2cc(C#C)cc(CCC3CC(C)(C)NC(C)(C)C3)c2)cc(CCCCCC2CC(C)(C)NC(C)(C)C2)c1. The van der Waals surface area contributed by atoms with E-state index in [-0.39, 0.29) is 22.2 Å². The van der Waals surface area contributed by atoms with Crippen molar-refractivity contribution in [1.29, 1.82) is 0 Å². The van der Waals surface area contributed by atoms with E-state index < -0.39 is 0 Å². The number of aryl methyl sites for hydroxylation is 4. The van der Waals surface area contributed by atoms with Crippen molar-refractivity contribution in [3.63, 3.8) is 0 Å². The van der Waals surface area contributed by atoms with Gasteiger partial charge in [0.1, 0.15) is 0 Å². The van der Waals surface area contributed by atoms with Crippen LogP contribution >= 0.6 is 0 Å². The van der Waals surface area contributed by atoms with Gasteiger partial charge in [-0.1, -0.05) is 62.5 Å². The summed E-state index contributed by atoms with van der Waals surface area (Å²) in [5.74, 6) is 7.44. The smallest absolute Gasteiger partial charge is 0.0248 e. The minimum absolute atomic E-state index is 0.204. The third-order valence-electron chi connectivity index (χ3n) is 11.3. The molecule has 2 fully saturated rings. The Bertz CT molecular complexity index is 1430. The maximum atomic E-state index is 5.89. The minimum atomic E-state index is 0.204. The summed E-state index contributed by atoms with van der Waals surface area (Å²) in [5.41, 5.74) is 8.69. The molecular weight excluding hydrogens is 605 g/mol. The summed E-state index contributed by atoms with van der Waals surface area (Å²) in [4.78, 5) is 0. The van der Waals surface area contributed by atoms with Crippen LogP contribution in [0.3, 0.4) is 0 Å². The standard InChI is InChI=1S/C48H72N2/c1-11-37-27-39(31-40(28-37)23-19-16-20-24-43-33-45(3,4)49-46(5,6)34-43)21-17-14-13-15-18-22-41-29-38(12-2)30-42(32-41)25-26-44-35-47(7,8)50-48(9,10)36-44/h1-2,27-32,43-44,49-50H,13-26,33-36H2,3-10H3. The molecule has 0 radical (unpaired) electrons. The van der Waals surface area contributed by atoms with E-state index >= 15 is 0 Å².